The molecule has 0 bridgehead atoms. The van der Waals surface area contributed by atoms with Crippen LogP contribution in [-0.4, -0.2) is 51.4 Å². The second kappa shape index (κ2) is 7.99. The zero-order chi connectivity index (χ0) is 19.5. The lowest BCUT2D eigenvalue weighted by Crippen LogP contribution is -2.37. The van der Waals surface area contributed by atoms with Gasteiger partial charge in [-0.1, -0.05) is 29.8 Å². The number of anilines is 1. The lowest BCUT2D eigenvalue weighted by Gasteiger charge is -2.27. The normalized spacial score (nSPS) is 14.4. The van der Waals surface area contributed by atoms with Gasteiger partial charge in [-0.05, 0) is 11.6 Å². The highest BCUT2D eigenvalue weighted by Gasteiger charge is 2.20. The highest BCUT2D eigenvalue weighted by Crippen LogP contribution is 2.17. The van der Waals surface area contributed by atoms with E-state index in [4.69, 9.17) is 16.3 Å². The number of rotatable bonds is 5. The number of nitrogens with zero attached hydrogens (tertiary/aromatic N) is 5. The van der Waals surface area contributed by atoms with Crippen LogP contribution in [-0.2, 0) is 22.6 Å². The maximum atomic E-state index is 12.6. The number of amides is 1. The number of ether oxygens (including phenoxy) is 1. The summed E-state index contributed by atoms with van der Waals surface area (Å²) in [6.45, 7) is 2.63. The number of carbonyl (C=O) groups excluding carboxylic acids is 1. The molecule has 0 spiro atoms. The van der Waals surface area contributed by atoms with E-state index >= 15 is 0 Å². The number of nitrogens with one attached hydrogen (secondary N) is 1. The van der Waals surface area contributed by atoms with Crippen molar-refractivity contribution in [3.63, 3.8) is 0 Å². The van der Waals surface area contributed by atoms with E-state index in [0.29, 0.717) is 42.8 Å². The van der Waals surface area contributed by atoms with Crippen molar-refractivity contribution in [3.05, 3.63) is 57.7 Å². The first kappa shape index (κ1) is 18.5. The van der Waals surface area contributed by atoms with Crippen molar-refractivity contribution in [2.24, 2.45) is 0 Å². The fourth-order valence-electron chi connectivity index (χ4n) is 3.06. The maximum absolute atomic E-state index is 12.6. The monoisotopic (exact) mass is 402 g/mol. The molecular weight excluding hydrogens is 384 g/mol. The number of aromatic nitrogens is 4. The lowest BCUT2D eigenvalue weighted by molar-refractivity contribution is -0.122. The Morgan fingerprint density at radius 3 is 2.82 bits per heavy atom. The molecular formula is C18H19ClN6O3. The highest BCUT2D eigenvalue weighted by molar-refractivity contribution is 6.31. The van der Waals surface area contributed by atoms with Gasteiger partial charge in [0.15, 0.2) is 5.82 Å². The number of morpholine rings is 1. The quantitative estimate of drug-likeness (QED) is 0.675. The molecule has 1 amide bonds. The van der Waals surface area contributed by atoms with Gasteiger partial charge in [-0.3, -0.25) is 4.79 Å². The predicted molar refractivity (Wildman–Crippen MR) is 104 cm³/mol. The standard InChI is InChI=1S/C18H19ClN6O3/c19-14-4-2-1-3-13(14)11-21-15(26)12-25-18(27)24-6-5-20-16(17(24)22-25)23-7-9-28-10-8-23/h1-6H,7-12H2,(H,21,26). The first-order valence-corrected chi connectivity index (χ1v) is 9.28. The molecule has 0 unspecified atom stereocenters. The van der Waals surface area contributed by atoms with Crippen molar-refractivity contribution < 1.29 is 9.53 Å². The van der Waals surface area contributed by atoms with Gasteiger partial charge in [-0.25, -0.2) is 18.9 Å². The Morgan fingerprint density at radius 1 is 1.25 bits per heavy atom. The first-order chi connectivity index (χ1) is 13.6. The molecule has 1 N–H and O–H groups in total. The Bertz CT molecular complexity index is 1060. The summed E-state index contributed by atoms with van der Waals surface area (Å²) in [6.07, 6.45) is 3.11. The summed E-state index contributed by atoms with van der Waals surface area (Å²) in [4.78, 5) is 31.3. The molecule has 0 aliphatic carbocycles. The smallest absolute Gasteiger partial charge is 0.350 e. The van der Waals surface area contributed by atoms with Gasteiger partial charge in [0.2, 0.25) is 11.6 Å². The average Bonchev–Trinajstić information content (AvgIpc) is 3.03. The summed E-state index contributed by atoms with van der Waals surface area (Å²) < 4.78 is 7.90. The van der Waals surface area contributed by atoms with Crippen LogP contribution in [0.4, 0.5) is 5.82 Å². The van der Waals surface area contributed by atoms with Gasteiger partial charge >= 0.3 is 5.69 Å². The van der Waals surface area contributed by atoms with Gasteiger partial charge in [0.05, 0.1) is 13.2 Å². The maximum Gasteiger partial charge on any atom is 0.350 e. The lowest BCUT2D eigenvalue weighted by atomic mass is 10.2. The van der Waals surface area contributed by atoms with Crippen molar-refractivity contribution in [2.45, 2.75) is 13.1 Å². The number of hydrogen-bond donors (Lipinski definition) is 1. The Morgan fingerprint density at radius 2 is 2.04 bits per heavy atom. The summed E-state index contributed by atoms with van der Waals surface area (Å²) in [7, 11) is 0. The number of fused-ring (bicyclic) bond motifs is 1. The molecule has 146 valence electrons. The Hall–Kier alpha value is -2.91. The van der Waals surface area contributed by atoms with Crippen LogP contribution in [0.25, 0.3) is 5.65 Å². The van der Waals surface area contributed by atoms with Crippen molar-refractivity contribution >= 4 is 29.0 Å². The first-order valence-electron chi connectivity index (χ1n) is 8.90. The van der Waals surface area contributed by atoms with Crippen LogP contribution in [0.5, 0.6) is 0 Å². The van der Waals surface area contributed by atoms with Crippen molar-refractivity contribution in [1.82, 2.24) is 24.5 Å². The molecule has 3 heterocycles. The van der Waals surface area contributed by atoms with E-state index in [2.05, 4.69) is 15.4 Å². The summed E-state index contributed by atoms with van der Waals surface area (Å²) in [6, 6.07) is 7.26. The zero-order valence-corrected chi connectivity index (χ0v) is 15.8. The summed E-state index contributed by atoms with van der Waals surface area (Å²) in [5.41, 5.74) is 0.840. The Labute approximate surface area is 165 Å². The molecule has 1 aliphatic heterocycles. The van der Waals surface area contributed by atoms with E-state index < -0.39 is 0 Å². The third-order valence-corrected chi connectivity index (χ3v) is 4.89. The molecule has 1 fully saturated rings. The summed E-state index contributed by atoms with van der Waals surface area (Å²) in [5.74, 6) is 0.282. The molecule has 1 aliphatic rings. The van der Waals surface area contributed by atoms with Crippen LogP contribution < -0.4 is 15.9 Å². The van der Waals surface area contributed by atoms with Crippen LogP contribution >= 0.6 is 11.6 Å². The van der Waals surface area contributed by atoms with E-state index in [1.54, 1.807) is 18.5 Å². The van der Waals surface area contributed by atoms with Crippen molar-refractivity contribution in [3.8, 4) is 0 Å². The van der Waals surface area contributed by atoms with E-state index in [1.807, 2.05) is 23.1 Å². The second-order valence-electron chi connectivity index (χ2n) is 6.35. The fraction of sp³-hybridized carbons (Fsp3) is 0.333. The molecule has 1 aromatic carbocycles. The van der Waals surface area contributed by atoms with Gasteiger partial charge in [0.25, 0.3) is 0 Å². The molecule has 0 saturated carbocycles. The minimum atomic E-state index is -0.389. The summed E-state index contributed by atoms with van der Waals surface area (Å²) in [5, 5.41) is 7.68. The van der Waals surface area contributed by atoms with Gasteiger partial charge in [-0.15, -0.1) is 5.10 Å². The fourth-order valence-corrected chi connectivity index (χ4v) is 3.27. The van der Waals surface area contributed by atoms with Gasteiger partial charge in [0, 0.05) is 37.1 Å². The SMILES string of the molecule is O=C(Cn1nc2c(N3CCOCC3)nccn2c1=O)NCc1ccccc1Cl. The van der Waals surface area contributed by atoms with Gasteiger partial charge in [0.1, 0.15) is 6.54 Å². The van der Waals surface area contributed by atoms with E-state index in [1.165, 1.54) is 4.40 Å². The third kappa shape index (κ3) is 3.71. The Balaban J connectivity index is 1.52. The van der Waals surface area contributed by atoms with Crippen molar-refractivity contribution in [1.29, 1.82) is 0 Å². The minimum absolute atomic E-state index is 0.187. The Kier molecular flexibility index (Phi) is 5.27. The van der Waals surface area contributed by atoms with Crippen LogP contribution in [0, 0.1) is 0 Å². The van der Waals surface area contributed by atoms with E-state index in [0.717, 1.165) is 10.2 Å². The summed E-state index contributed by atoms with van der Waals surface area (Å²) >= 11 is 6.10. The van der Waals surface area contributed by atoms with Crippen LogP contribution in [0.1, 0.15) is 5.56 Å². The van der Waals surface area contributed by atoms with Crippen molar-refractivity contribution in [2.75, 3.05) is 31.2 Å². The highest BCUT2D eigenvalue weighted by atomic mass is 35.5. The number of carbonyl (C=O) groups is 1. The molecule has 3 aromatic rings. The molecule has 2 aromatic heterocycles. The molecule has 0 atom stereocenters. The topological polar surface area (TPSA) is 93.8 Å². The largest absolute Gasteiger partial charge is 0.378 e. The average molecular weight is 403 g/mol. The molecule has 0 radical (unpaired) electrons. The zero-order valence-electron chi connectivity index (χ0n) is 15.0. The third-order valence-electron chi connectivity index (χ3n) is 4.52. The molecule has 9 nitrogen and oxygen atoms in total. The van der Waals surface area contributed by atoms with Gasteiger partial charge < -0.3 is 15.0 Å². The van der Waals surface area contributed by atoms with Crippen LogP contribution in [0.2, 0.25) is 5.02 Å². The van der Waals surface area contributed by atoms with Crippen LogP contribution in [0.3, 0.4) is 0 Å². The molecule has 1 saturated heterocycles. The number of halogens is 1. The molecule has 4 rings (SSSR count). The molecule has 10 heteroatoms. The van der Waals surface area contributed by atoms with E-state index in [-0.39, 0.29) is 24.7 Å². The minimum Gasteiger partial charge on any atom is -0.378 e. The number of hydrogen-bond acceptors (Lipinski definition) is 6. The molecule has 28 heavy (non-hydrogen) atoms. The van der Waals surface area contributed by atoms with Gasteiger partial charge in [-0.2, -0.15) is 0 Å². The second-order valence-corrected chi connectivity index (χ2v) is 6.76. The van der Waals surface area contributed by atoms with E-state index in [9.17, 15) is 9.59 Å². The van der Waals surface area contributed by atoms with Crippen LogP contribution in [0.15, 0.2) is 41.5 Å². The predicted octanol–water partition coefficient (Wildman–Crippen LogP) is 0.697. The number of benzene rings is 1.